The number of carbonyl (C=O) groups excluding carboxylic acids is 1. The Hall–Kier alpha value is -1.37. The first kappa shape index (κ1) is 8.72. The molecular weight excluding hydrogens is 178 g/mol. The molecule has 12 heavy (non-hydrogen) atoms. The number of carbonyl (C=O) groups is 1. The van der Waals surface area contributed by atoms with Gasteiger partial charge >= 0.3 is 6.03 Å². The highest BCUT2D eigenvalue weighted by Gasteiger charge is 2.05. The lowest BCUT2D eigenvalue weighted by Gasteiger charge is -2.13. The zero-order valence-corrected chi connectivity index (χ0v) is 7.55. The van der Waals surface area contributed by atoms with Crippen LogP contribution in [0, 0.1) is 6.92 Å². The molecule has 0 aliphatic carbocycles. The van der Waals surface area contributed by atoms with Gasteiger partial charge in [0.15, 0.2) is 0 Å². The van der Waals surface area contributed by atoms with Crippen LogP contribution in [0.15, 0.2) is 0 Å². The van der Waals surface area contributed by atoms with Crippen LogP contribution < -0.4 is 11.2 Å². The average molecular weight is 187 g/mol. The zero-order valence-electron chi connectivity index (χ0n) is 6.74. The standard InChI is InChI=1S/C5H9N5OS/c1-3-7-5(12-9-3)8-10(2)4(6)11/h1-2H3,(H2,6,11)(H,7,8,9). The predicted molar refractivity (Wildman–Crippen MR) is 45.6 cm³/mol. The van der Waals surface area contributed by atoms with Crippen molar-refractivity contribution in [2.75, 3.05) is 12.5 Å². The van der Waals surface area contributed by atoms with Crippen molar-refractivity contribution in [3.05, 3.63) is 5.82 Å². The molecule has 1 aromatic heterocycles. The Bertz CT molecular complexity index is 285. The Morgan fingerprint density at radius 3 is 2.83 bits per heavy atom. The number of nitrogens with zero attached hydrogens (tertiary/aromatic N) is 3. The smallest absolute Gasteiger partial charge is 0.333 e. The second-order valence-corrected chi connectivity index (χ2v) is 2.91. The molecule has 0 aliphatic rings. The Kier molecular flexibility index (Phi) is 2.44. The first-order valence-electron chi connectivity index (χ1n) is 3.19. The van der Waals surface area contributed by atoms with Gasteiger partial charge < -0.3 is 5.73 Å². The molecule has 1 heterocycles. The third-order valence-corrected chi connectivity index (χ3v) is 1.83. The molecule has 2 amide bonds. The summed E-state index contributed by atoms with van der Waals surface area (Å²) in [5.41, 5.74) is 7.64. The van der Waals surface area contributed by atoms with E-state index in [1.165, 1.54) is 18.6 Å². The fraction of sp³-hybridized carbons (Fsp3) is 0.400. The highest BCUT2D eigenvalue weighted by atomic mass is 32.1. The van der Waals surface area contributed by atoms with Crippen LogP contribution in [0.4, 0.5) is 9.93 Å². The molecule has 0 bridgehead atoms. The number of hydrazine groups is 1. The summed E-state index contributed by atoms with van der Waals surface area (Å²) in [4.78, 5) is 14.5. The van der Waals surface area contributed by atoms with Crippen LogP contribution in [0.25, 0.3) is 0 Å². The quantitative estimate of drug-likeness (QED) is 0.647. The Balaban J connectivity index is 2.58. The van der Waals surface area contributed by atoms with Crippen LogP contribution in [0.1, 0.15) is 5.82 Å². The number of aromatic nitrogens is 2. The van der Waals surface area contributed by atoms with E-state index in [0.717, 1.165) is 5.01 Å². The number of urea groups is 1. The van der Waals surface area contributed by atoms with Crippen molar-refractivity contribution in [3.63, 3.8) is 0 Å². The maximum absolute atomic E-state index is 10.6. The van der Waals surface area contributed by atoms with Gasteiger partial charge in [-0.1, -0.05) is 0 Å². The van der Waals surface area contributed by atoms with E-state index in [-0.39, 0.29) is 0 Å². The Labute approximate surface area is 73.5 Å². The molecule has 0 fully saturated rings. The summed E-state index contributed by atoms with van der Waals surface area (Å²) in [6, 6.07) is -0.567. The molecule has 0 unspecified atom stereocenters. The SMILES string of the molecule is Cc1nsc(NN(C)C(N)=O)n1. The first-order valence-corrected chi connectivity index (χ1v) is 3.97. The van der Waals surface area contributed by atoms with E-state index >= 15 is 0 Å². The molecule has 66 valence electrons. The topological polar surface area (TPSA) is 84.1 Å². The van der Waals surface area contributed by atoms with E-state index in [4.69, 9.17) is 5.73 Å². The number of aryl methyl sites for hydroxylation is 1. The van der Waals surface area contributed by atoms with Crippen LogP contribution in [0.3, 0.4) is 0 Å². The number of nitrogens with one attached hydrogen (secondary N) is 1. The molecule has 7 heteroatoms. The lowest BCUT2D eigenvalue weighted by atomic mass is 10.7. The summed E-state index contributed by atoms with van der Waals surface area (Å²) in [6.07, 6.45) is 0. The second-order valence-electron chi connectivity index (χ2n) is 2.16. The van der Waals surface area contributed by atoms with Crippen LogP contribution >= 0.6 is 11.5 Å². The summed E-state index contributed by atoms with van der Waals surface area (Å²) >= 11 is 1.17. The minimum absolute atomic E-state index is 0.550. The minimum atomic E-state index is -0.567. The maximum Gasteiger partial charge on any atom is 0.333 e. The van der Waals surface area contributed by atoms with Gasteiger partial charge in [-0.2, -0.15) is 4.37 Å². The molecule has 0 atom stereocenters. The van der Waals surface area contributed by atoms with Gasteiger partial charge in [-0.15, -0.1) is 0 Å². The van der Waals surface area contributed by atoms with Gasteiger partial charge in [0.1, 0.15) is 5.82 Å². The van der Waals surface area contributed by atoms with E-state index in [0.29, 0.717) is 11.0 Å². The molecule has 0 aliphatic heterocycles. The lowest BCUT2D eigenvalue weighted by Crippen LogP contribution is -2.36. The van der Waals surface area contributed by atoms with Crippen LogP contribution in [0.5, 0.6) is 0 Å². The normalized spacial score (nSPS) is 9.50. The van der Waals surface area contributed by atoms with Gasteiger partial charge in [-0.25, -0.2) is 14.8 Å². The fourth-order valence-corrected chi connectivity index (χ4v) is 1.15. The van der Waals surface area contributed by atoms with Gasteiger partial charge in [0.05, 0.1) is 0 Å². The number of hydrogen-bond acceptors (Lipinski definition) is 5. The Morgan fingerprint density at radius 2 is 2.42 bits per heavy atom. The monoisotopic (exact) mass is 187 g/mol. The summed E-state index contributed by atoms with van der Waals surface area (Å²) < 4.78 is 3.92. The van der Waals surface area contributed by atoms with Gasteiger partial charge in [-0.05, 0) is 6.92 Å². The molecule has 0 saturated heterocycles. The molecule has 0 saturated carbocycles. The van der Waals surface area contributed by atoms with Crippen molar-refractivity contribution < 1.29 is 4.79 Å². The Morgan fingerprint density at radius 1 is 1.75 bits per heavy atom. The minimum Gasteiger partial charge on any atom is -0.350 e. The van der Waals surface area contributed by atoms with Crippen LogP contribution in [-0.4, -0.2) is 27.4 Å². The summed E-state index contributed by atoms with van der Waals surface area (Å²) in [5, 5.41) is 1.69. The summed E-state index contributed by atoms with van der Waals surface area (Å²) in [5.74, 6) is 0.667. The van der Waals surface area contributed by atoms with E-state index in [2.05, 4.69) is 14.8 Å². The first-order chi connectivity index (χ1) is 5.59. The second kappa shape index (κ2) is 3.35. The van der Waals surface area contributed by atoms with Gasteiger partial charge in [0.25, 0.3) is 0 Å². The lowest BCUT2D eigenvalue weighted by molar-refractivity contribution is 0.226. The van der Waals surface area contributed by atoms with E-state index in [1.54, 1.807) is 6.92 Å². The number of anilines is 1. The van der Waals surface area contributed by atoms with Gasteiger partial charge in [0, 0.05) is 18.6 Å². The molecule has 1 aromatic rings. The molecule has 1 rings (SSSR count). The van der Waals surface area contributed by atoms with Crippen LogP contribution in [-0.2, 0) is 0 Å². The molecule has 6 nitrogen and oxygen atoms in total. The zero-order chi connectivity index (χ0) is 9.14. The fourth-order valence-electron chi connectivity index (χ4n) is 0.541. The molecule has 0 aromatic carbocycles. The third kappa shape index (κ3) is 2.06. The van der Waals surface area contributed by atoms with Crippen molar-refractivity contribution in [2.45, 2.75) is 6.92 Å². The summed E-state index contributed by atoms with van der Waals surface area (Å²) in [7, 11) is 1.51. The van der Waals surface area contributed by atoms with E-state index in [9.17, 15) is 4.79 Å². The van der Waals surface area contributed by atoms with Crippen LogP contribution in [0.2, 0.25) is 0 Å². The molecule has 0 spiro atoms. The van der Waals surface area contributed by atoms with E-state index in [1.807, 2.05) is 0 Å². The number of nitrogens with two attached hydrogens (primary N) is 1. The molecular formula is C5H9N5OS. The number of hydrogen-bond donors (Lipinski definition) is 2. The van der Waals surface area contributed by atoms with E-state index < -0.39 is 6.03 Å². The van der Waals surface area contributed by atoms with Crippen molar-refractivity contribution in [1.82, 2.24) is 14.4 Å². The number of primary amides is 1. The van der Waals surface area contributed by atoms with Gasteiger partial charge in [-0.3, -0.25) is 5.43 Å². The van der Waals surface area contributed by atoms with Crippen molar-refractivity contribution >= 4 is 22.7 Å². The summed E-state index contributed by atoms with van der Waals surface area (Å²) in [6.45, 7) is 1.77. The molecule has 0 radical (unpaired) electrons. The number of rotatable bonds is 2. The largest absolute Gasteiger partial charge is 0.350 e. The highest BCUT2D eigenvalue weighted by molar-refractivity contribution is 7.09. The van der Waals surface area contributed by atoms with Crippen molar-refractivity contribution in [1.29, 1.82) is 0 Å². The third-order valence-electron chi connectivity index (χ3n) is 1.12. The average Bonchev–Trinajstić information content (AvgIpc) is 2.35. The van der Waals surface area contributed by atoms with Crippen molar-refractivity contribution in [3.8, 4) is 0 Å². The van der Waals surface area contributed by atoms with Gasteiger partial charge in [0.2, 0.25) is 5.13 Å². The molecule has 3 N–H and O–H groups in total. The predicted octanol–water partition coefficient (Wildman–Crippen LogP) is 0.184. The number of amides is 2. The maximum atomic E-state index is 10.6. The van der Waals surface area contributed by atoms with Crippen molar-refractivity contribution in [2.24, 2.45) is 5.73 Å². The highest BCUT2D eigenvalue weighted by Crippen LogP contribution is 2.09.